The number of nitro groups is 1. The van der Waals surface area contributed by atoms with Crippen molar-refractivity contribution in [3.63, 3.8) is 0 Å². The molecule has 3 N–H and O–H groups in total. The van der Waals surface area contributed by atoms with E-state index in [-0.39, 0.29) is 5.03 Å². The third-order valence-corrected chi connectivity index (χ3v) is 1.93. The van der Waals surface area contributed by atoms with Gasteiger partial charge in [-0.2, -0.15) is 0 Å². The Morgan fingerprint density at radius 1 is 1.71 bits per heavy atom. The van der Waals surface area contributed by atoms with Crippen LogP contribution in [0.2, 0.25) is 0 Å². The van der Waals surface area contributed by atoms with Crippen molar-refractivity contribution in [2.45, 2.75) is 20.0 Å². The molecule has 1 atom stereocenters. The fourth-order valence-electron chi connectivity index (χ4n) is 1.05. The summed E-state index contributed by atoms with van der Waals surface area (Å²) in [4.78, 5) is 9.57. The van der Waals surface area contributed by atoms with Gasteiger partial charge < -0.3 is 10.8 Å². The average molecular weight is 221 g/mol. The Morgan fingerprint density at radius 2 is 2.21 bits per heavy atom. The van der Waals surface area contributed by atoms with E-state index >= 15 is 0 Å². The fourth-order valence-corrected chi connectivity index (χ4v) is 1.37. The van der Waals surface area contributed by atoms with Crippen LogP contribution in [-0.2, 0) is 0 Å². The first-order valence-electron chi connectivity index (χ1n) is 3.95. The van der Waals surface area contributed by atoms with Crippen molar-refractivity contribution in [2.24, 2.45) is 5.73 Å². The Balaban J connectivity index is 4.88. The smallest absolute Gasteiger partial charge is 0.233 e. The van der Waals surface area contributed by atoms with Gasteiger partial charge in [-0.15, -0.1) is 0 Å². The molecule has 0 rings (SSSR count). The van der Waals surface area contributed by atoms with Crippen molar-refractivity contribution in [3.05, 3.63) is 32.5 Å². The van der Waals surface area contributed by atoms with Gasteiger partial charge in [0.25, 0.3) is 0 Å². The van der Waals surface area contributed by atoms with Gasteiger partial charge >= 0.3 is 0 Å². The van der Waals surface area contributed by atoms with Crippen molar-refractivity contribution in [1.82, 2.24) is 0 Å². The van der Waals surface area contributed by atoms with Crippen molar-refractivity contribution in [1.29, 1.82) is 0 Å². The summed E-state index contributed by atoms with van der Waals surface area (Å²) in [6, 6.07) is 0. The molecule has 5 nitrogen and oxygen atoms in total. The van der Waals surface area contributed by atoms with E-state index < -0.39 is 17.6 Å². The number of aliphatic hydroxyl groups is 1. The van der Waals surface area contributed by atoms with Crippen LogP contribution in [0.4, 0.5) is 0 Å². The number of allylic oxidation sites excluding steroid dienone is 1. The van der Waals surface area contributed by atoms with E-state index in [2.05, 4.69) is 0 Å². The molecular formula is C8H13ClN2O3. The Hall–Kier alpha value is -1.07. The first-order valence-corrected chi connectivity index (χ1v) is 4.33. The van der Waals surface area contributed by atoms with E-state index in [9.17, 15) is 15.2 Å². The van der Waals surface area contributed by atoms with Gasteiger partial charge in [-0.05, 0) is 13.8 Å². The molecule has 80 valence electrons. The highest BCUT2D eigenvalue weighted by atomic mass is 35.5. The highest BCUT2D eigenvalue weighted by Crippen LogP contribution is 2.21. The van der Waals surface area contributed by atoms with Crippen LogP contribution in [0.1, 0.15) is 13.8 Å². The van der Waals surface area contributed by atoms with Gasteiger partial charge in [-0.3, -0.25) is 10.1 Å². The minimum absolute atomic E-state index is 0.138. The molecule has 0 saturated carbocycles. The predicted molar refractivity (Wildman–Crippen MR) is 54.4 cm³/mol. The SMILES string of the molecule is CC(C)=C(/C(Cl)=C\N)C(O)C[N+](=O)[O-]. The van der Waals surface area contributed by atoms with E-state index in [1.807, 2.05) is 0 Å². The normalized spacial score (nSPS) is 13.6. The molecule has 0 bridgehead atoms. The van der Waals surface area contributed by atoms with Crippen LogP contribution < -0.4 is 5.73 Å². The van der Waals surface area contributed by atoms with Crippen LogP contribution in [0.25, 0.3) is 0 Å². The number of halogens is 1. The molecule has 0 radical (unpaired) electrons. The molecule has 0 aromatic heterocycles. The molecule has 0 fully saturated rings. The molecule has 0 aromatic rings. The molecule has 6 heteroatoms. The number of hydrogen-bond donors (Lipinski definition) is 2. The second-order valence-corrected chi connectivity index (χ2v) is 3.37. The molecule has 14 heavy (non-hydrogen) atoms. The van der Waals surface area contributed by atoms with E-state index in [1.54, 1.807) is 13.8 Å². The number of rotatable bonds is 4. The first-order chi connectivity index (χ1) is 6.40. The van der Waals surface area contributed by atoms with Crippen LogP contribution in [-0.4, -0.2) is 22.7 Å². The predicted octanol–water partition coefficient (Wildman–Crippen LogP) is 0.999. The highest BCUT2D eigenvalue weighted by molar-refractivity contribution is 6.32. The molecule has 0 spiro atoms. The Bertz CT molecular complexity index is 282. The maximum absolute atomic E-state index is 10.2. The zero-order chi connectivity index (χ0) is 11.3. The van der Waals surface area contributed by atoms with Gasteiger partial charge in [0.1, 0.15) is 6.10 Å². The zero-order valence-electron chi connectivity index (χ0n) is 8.03. The number of aliphatic hydroxyl groups excluding tert-OH is 1. The quantitative estimate of drug-likeness (QED) is 0.420. The number of nitrogens with zero attached hydrogens (tertiary/aromatic N) is 1. The van der Waals surface area contributed by atoms with Gasteiger partial charge in [-0.25, -0.2) is 0 Å². The lowest BCUT2D eigenvalue weighted by molar-refractivity contribution is -0.488. The molecule has 0 aliphatic heterocycles. The Morgan fingerprint density at radius 3 is 2.50 bits per heavy atom. The summed E-state index contributed by atoms with van der Waals surface area (Å²) < 4.78 is 0. The summed E-state index contributed by atoms with van der Waals surface area (Å²) in [6.45, 7) is 2.82. The van der Waals surface area contributed by atoms with Crippen LogP contribution in [0.5, 0.6) is 0 Å². The van der Waals surface area contributed by atoms with Crippen LogP contribution in [0, 0.1) is 10.1 Å². The molecule has 0 aliphatic carbocycles. The first kappa shape index (κ1) is 12.9. The molecular weight excluding hydrogens is 208 g/mol. The Kier molecular flexibility index (Phi) is 5.19. The second-order valence-electron chi connectivity index (χ2n) is 2.96. The van der Waals surface area contributed by atoms with Gasteiger partial charge in [0, 0.05) is 16.7 Å². The standard InChI is InChI=1S/C8H13ClN2O3/c1-5(2)8(6(9)3-10)7(12)4-11(13)14/h3,7,12H,4,10H2,1-2H3/b6-3+. The van der Waals surface area contributed by atoms with Crippen LogP contribution in [0.15, 0.2) is 22.4 Å². The summed E-state index contributed by atoms with van der Waals surface area (Å²) in [5, 5.41) is 19.8. The second kappa shape index (κ2) is 5.62. The van der Waals surface area contributed by atoms with Gasteiger partial charge in [0.15, 0.2) is 0 Å². The maximum atomic E-state index is 10.2. The van der Waals surface area contributed by atoms with Crippen molar-refractivity contribution in [3.8, 4) is 0 Å². The zero-order valence-corrected chi connectivity index (χ0v) is 8.78. The van der Waals surface area contributed by atoms with E-state index in [1.165, 1.54) is 0 Å². The molecule has 1 unspecified atom stereocenters. The van der Waals surface area contributed by atoms with Crippen molar-refractivity contribution < 1.29 is 10.0 Å². The number of nitrogens with two attached hydrogens (primary N) is 1. The van der Waals surface area contributed by atoms with Crippen molar-refractivity contribution >= 4 is 11.6 Å². The Labute approximate surface area is 87.0 Å². The van der Waals surface area contributed by atoms with E-state index in [0.717, 1.165) is 6.20 Å². The third-order valence-electron chi connectivity index (χ3n) is 1.60. The van der Waals surface area contributed by atoms with Crippen molar-refractivity contribution in [2.75, 3.05) is 6.54 Å². The fraction of sp³-hybridized carbons (Fsp3) is 0.500. The largest absolute Gasteiger partial charge is 0.403 e. The minimum Gasteiger partial charge on any atom is -0.403 e. The summed E-state index contributed by atoms with van der Waals surface area (Å²) >= 11 is 5.70. The third kappa shape index (κ3) is 3.76. The highest BCUT2D eigenvalue weighted by Gasteiger charge is 2.20. The average Bonchev–Trinajstić information content (AvgIpc) is 2.01. The van der Waals surface area contributed by atoms with E-state index in [0.29, 0.717) is 11.1 Å². The van der Waals surface area contributed by atoms with Gasteiger partial charge in [0.05, 0.1) is 5.03 Å². The summed E-state index contributed by atoms with van der Waals surface area (Å²) in [5.74, 6) is 0. The molecule has 0 aliphatic rings. The van der Waals surface area contributed by atoms with Gasteiger partial charge in [-0.1, -0.05) is 17.2 Å². The maximum Gasteiger partial charge on any atom is 0.233 e. The van der Waals surface area contributed by atoms with Crippen LogP contribution in [0.3, 0.4) is 0 Å². The number of hydrogen-bond acceptors (Lipinski definition) is 4. The summed E-state index contributed by atoms with van der Waals surface area (Å²) in [6.07, 6.45) is -0.116. The topological polar surface area (TPSA) is 89.4 Å². The molecule has 0 heterocycles. The van der Waals surface area contributed by atoms with Gasteiger partial charge in [0.2, 0.25) is 6.54 Å². The molecule has 0 aromatic carbocycles. The summed E-state index contributed by atoms with van der Waals surface area (Å²) in [5.41, 5.74) is 6.18. The van der Waals surface area contributed by atoms with E-state index in [4.69, 9.17) is 17.3 Å². The lowest BCUT2D eigenvalue weighted by atomic mass is 10.0. The lowest BCUT2D eigenvalue weighted by Crippen LogP contribution is -2.23. The summed E-state index contributed by atoms with van der Waals surface area (Å²) in [7, 11) is 0. The minimum atomic E-state index is -1.22. The van der Waals surface area contributed by atoms with Crippen LogP contribution >= 0.6 is 11.6 Å². The molecule has 0 saturated heterocycles. The molecule has 0 amide bonds. The lowest BCUT2D eigenvalue weighted by Gasteiger charge is -2.12. The monoisotopic (exact) mass is 220 g/mol.